The molecule has 2 aromatic heterocycles. The monoisotopic (exact) mass is 217 g/mol. The smallest absolute Gasteiger partial charge is 0.339 e. The van der Waals surface area contributed by atoms with E-state index in [4.69, 9.17) is 5.11 Å². The van der Waals surface area contributed by atoms with Gasteiger partial charge in [0.2, 0.25) is 0 Å². The number of nitrogens with zero attached hydrogens (tertiary/aromatic N) is 3. The Morgan fingerprint density at radius 2 is 2.25 bits per heavy atom. The molecule has 80 valence electrons. The molecule has 0 aliphatic carbocycles. The Bertz CT molecular complexity index is 548. The van der Waals surface area contributed by atoms with Gasteiger partial charge in [0.15, 0.2) is 12.1 Å². The summed E-state index contributed by atoms with van der Waals surface area (Å²) in [6, 6.07) is 2.97. The van der Waals surface area contributed by atoms with Crippen molar-refractivity contribution in [3.8, 4) is 5.82 Å². The van der Waals surface area contributed by atoms with E-state index in [-0.39, 0.29) is 17.1 Å². The zero-order valence-corrected chi connectivity index (χ0v) is 8.07. The Balaban J connectivity index is 2.54. The Hall–Kier alpha value is -2.50. The molecule has 6 heteroatoms. The maximum atomic E-state index is 10.9. The predicted molar refractivity (Wildman–Crippen MR) is 53.7 cm³/mol. The molecule has 2 rings (SSSR count). The number of hydrogen-bond donors (Lipinski definition) is 1. The number of pyridine rings is 1. The zero-order chi connectivity index (χ0) is 11.5. The van der Waals surface area contributed by atoms with Crippen LogP contribution < -0.4 is 0 Å². The van der Waals surface area contributed by atoms with Crippen LogP contribution in [-0.2, 0) is 0 Å². The number of aldehydes is 1. The Morgan fingerprint density at radius 3 is 2.88 bits per heavy atom. The van der Waals surface area contributed by atoms with E-state index >= 15 is 0 Å². The molecular weight excluding hydrogens is 210 g/mol. The molecular formula is C10H7N3O3. The van der Waals surface area contributed by atoms with Crippen molar-refractivity contribution in [2.24, 2.45) is 0 Å². The maximum absolute atomic E-state index is 10.9. The van der Waals surface area contributed by atoms with Gasteiger partial charge in [-0.15, -0.1) is 0 Å². The van der Waals surface area contributed by atoms with E-state index in [1.54, 1.807) is 0 Å². The molecule has 0 amide bonds. The van der Waals surface area contributed by atoms with E-state index < -0.39 is 5.97 Å². The summed E-state index contributed by atoms with van der Waals surface area (Å²) in [5.74, 6) is -0.847. The van der Waals surface area contributed by atoms with Crippen molar-refractivity contribution in [1.82, 2.24) is 14.5 Å². The molecule has 0 radical (unpaired) electrons. The molecule has 16 heavy (non-hydrogen) atoms. The topological polar surface area (TPSA) is 85.1 Å². The summed E-state index contributed by atoms with van der Waals surface area (Å²) in [7, 11) is 0. The first-order valence-electron chi connectivity index (χ1n) is 4.40. The number of carboxylic acids is 1. The fourth-order valence-corrected chi connectivity index (χ4v) is 1.28. The molecule has 0 atom stereocenters. The largest absolute Gasteiger partial charge is 0.478 e. The predicted octanol–water partition coefficient (Wildman–Crippen LogP) is 0.778. The summed E-state index contributed by atoms with van der Waals surface area (Å²) in [6.07, 6.45) is 4.82. The molecule has 0 saturated heterocycles. The van der Waals surface area contributed by atoms with E-state index in [0.717, 1.165) is 0 Å². The van der Waals surface area contributed by atoms with Gasteiger partial charge >= 0.3 is 5.97 Å². The van der Waals surface area contributed by atoms with E-state index in [1.807, 2.05) is 0 Å². The lowest BCUT2D eigenvalue weighted by atomic mass is 10.2. The molecule has 0 unspecified atom stereocenters. The van der Waals surface area contributed by atoms with Crippen molar-refractivity contribution in [1.29, 1.82) is 0 Å². The number of rotatable bonds is 3. The van der Waals surface area contributed by atoms with Crippen LogP contribution in [0.2, 0.25) is 0 Å². The first-order chi connectivity index (χ1) is 7.72. The summed E-state index contributed by atoms with van der Waals surface area (Å²) in [6.45, 7) is 0. The van der Waals surface area contributed by atoms with Crippen LogP contribution in [0.3, 0.4) is 0 Å². The second-order valence-corrected chi connectivity index (χ2v) is 3.00. The van der Waals surface area contributed by atoms with Gasteiger partial charge in [0.25, 0.3) is 0 Å². The van der Waals surface area contributed by atoms with Crippen LogP contribution in [0.15, 0.2) is 30.9 Å². The highest BCUT2D eigenvalue weighted by atomic mass is 16.4. The number of aromatic carboxylic acids is 1. The van der Waals surface area contributed by atoms with Gasteiger partial charge in [0.05, 0.1) is 0 Å². The molecule has 0 aliphatic rings. The SMILES string of the molecule is O=Cc1cn(-c2ncccc2C(=O)O)cn1. The third-order valence-electron chi connectivity index (χ3n) is 1.98. The second kappa shape index (κ2) is 3.93. The van der Waals surface area contributed by atoms with Crippen LogP contribution in [0.1, 0.15) is 20.8 Å². The van der Waals surface area contributed by atoms with Crippen LogP contribution in [0.25, 0.3) is 5.82 Å². The summed E-state index contributed by atoms with van der Waals surface area (Å²) in [5, 5.41) is 8.95. The van der Waals surface area contributed by atoms with Gasteiger partial charge in [-0.1, -0.05) is 0 Å². The molecule has 0 bridgehead atoms. The van der Waals surface area contributed by atoms with Crippen LogP contribution in [0, 0.1) is 0 Å². The first-order valence-corrected chi connectivity index (χ1v) is 4.40. The lowest BCUT2D eigenvalue weighted by Crippen LogP contribution is -2.06. The molecule has 0 fully saturated rings. The number of carboxylic acid groups (broad SMARTS) is 1. The highest BCUT2D eigenvalue weighted by Gasteiger charge is 2.12. The number of imidazole rings is 1. The first kappa shape index (κ1) is 10.0. The number of hydrogen-bond acceptors (Lipinski definition) is 4. The third kappa shape index (κ3) is 1.68. The maximum Gasteiger partial charge on any atom is 0.339 e. The van der Waals surface area contributed by atoms with Crippen molar-refractivity contribution in [3.63, 3.8) is 0 Å². The summed E-state index contributed by atoms with van der Waals surface area (Å²) in [4.78, 5) is 29.1. The Kier molecular flexibility index (Phi) is 2.47. The fraction of sp³-hybridized carbons (Fsp3) is 0. The summed E-state index contributed by atoms with van der Waals surface area (Å²) >= 11 is 0. The number of carbonyl (C=O) groups excluding carboxylic acids is 1. The highest BCUT2D eigenvalue weighted by molar-refractivity contribution is 5.91. The van der Waals surface area contributed by atoms with Gasteiger partial charge in [-0.05, 0) is 12.1 Å². The van der Waals surface area contributed by atoms with Crippen LogP contribution in [-0.4, -0.2) is 31.9 Å². The summed E-state index contributed by atoms with van der Waals surface area (Å²) < 4.78 is 1.40. The average molecular weight is 217 g/mol. The van der Waals surface area contributed by atoms with Gasteiger partial charge in [-0.25, -0.2) is 14.8 Å². The minimum absolute atomic E-state index is 0.0531. The van der Waals surface area contributed by atoms with E-state index in [0.29, 0.717) is 6.29 Å². The van der Waals surface area contributed by atoms with Gasteiger partial charge in [0, 0.05) is 12.4 Å². The second-order valence-electron chi connectivity index (χ2n) is 3.00. The molecule has 0 aliphatic heterocycles. The van der Waals surface area contributed by atoms with Crippen LogP contribution in [0.5, 0.6) is 0 Å². The summed E-state index contributed by atoms with van der Waals surface area (Å²) in [5.41, 5.74) is 0.277. The average Bonchev–Trinajstić information content (AvgIpc) is 2.77. The van der Waals surface area contributed by atoms with Crippen molar-refractivity contribution in [3.05, 3.63) is 42.1 Å². The van der Waals surface area contributed by atoms with Crippen molar-refractivity contribution in [2.75, 3.05) is 0 Å². The van der Waals surface area contributed by atoms with Gasteiger partial charge in [0.1, 0.15) is 17.6 Å². The van der Waals surface area contributed by atoms with E-state index in [2.05, 4.69) is 9.97 Å². The van der Waals surface area contributed by atoms with Crippen molar-refractivity contribution >= 4 is 12.3 Å². The highest BCUT2D eigenvalue weighted by Crippen LogP contribution is 2.11. The standard InChI is InChI=1S/C10H7N3O3/c14-5-7-4-13(6-12-7)9-8(10(15)16)2-1-3-11-9/h1-6H,(H,15,16). The zero-order valence-electron chi connectivity index (χ0n) is 8.07. The van der Waals surface area contributed by atoms with Gasteiger partial charge < -0.3 is 5.11 Å². The molecule has 0 spiro atoms. The normalized spacial score (nSPS) is 10.0. The Morgan fingerprint density at radius 1 is 1.44 bits per heavy atom. The van der Waals surface area contributed by atoms with Crippen LogP contribution in [0.4, 0.5) is 0 Å². The minimum atomic E-state index is -1.08. The van der Waals surface area contributed by atoms with E-state index in [1.165, 1.54) is 35.4 Å². The molecule has 0 saturated carbocycles. The fourth-order valence-electron chi connectivity index (χ4n) is 1.28. The van der Waals surface area contributed by atoms with Crippen molar-refractivity contribution < 1.29 is 14.7 Å². The molecule has 0 aromatic carbocycles. The lowest BCUT2D eigenvalue weighted by molar-refractivity contribution is 0.0696. The molecule has 6 nitrogen and oxygen atoms in total. The molecule has 2 aromatic rings. The quantitative estimate of drug-likeness (QED) is 0.768. The third-order valence-corrected chi connectivity index (χ3v) is 1.98. The van der Waals surface area contributed by atoms with Crippen molar-refractivity contribution in [2.45, 2.75) is 0 Å². The van der Waals surface area contributed by atoms with E-state index in [9.17, 15) is 9.59 Å². The van der Waals surface area contributed by atoms with Gasteiger partial charge in [-0.2, -0.15) is 0 Å². The lowest BCUT2D eigenvalue weighted by Gasteiger charge is -2.03. The minimum Gasteiger partial charge on any atom is -0.478 e. The Labute approximate surface area is 90.2 Å². The van der Waals surface area contributed by atoms with Gasteiger partial charge in [-0.3, -0.25) is 9.36 Å². The number of carbonyl (C=O) groups is 2. The molecule has 1 N–H and O–H groups in total. The molecule has 2 heterocycles. The number of aromatic nitrogens is 3. The van der Waals surface area contributed by atoms with Crippen LogP contribution >= 0.6 is 0 Å².